The summed E-state index contributed by atoms with van der Waals surface area (Å²) in [4.78, 5) is 0. The summed E-state index contributed by atoms with van der Waals surface area (Å²) in [6.45, 7) is 3.72. The van der Waals surface area contributed by atoms with Crippen LogP contribution in [-0.4, -0.2) is 45.3 Å². The van der Waals surface area contributed by atoms with Crippen molar-refractivity contribution >= 4 is 11.0 Å². The Bertz CT molecular complexity index is 985. The normalized spacial score (nSPS) is 24.9. The molecular formula is C23H26O6. The van der Waals surface area contributed by atoms with Crippen molar-refractivity contribution in [2.75, 3.05) is 6.61 Å². The summed E-state index contributed by atoms with van der Waals surface area (Å²) in [6.07, 6.45) is -3.01. The van der Waals surface area contributed by atoms with E-state index in [0.717, 1.165) is 22.3 Å². The number of rotatable bonds is 4. The first-order chi connectivity index (χ1) is 13.9. The predicted molar refractivity (Wildman–Crippen MR) is 108 cm³/mol. The topological polar surface area (TPSA) is 103 Å². The monoisotopic (exact) mass is 398 g/mol. The molecule has 4 N–H and O–H groups in total. The molecule has 2 unspecified atom stereocenters. The van der Waals surface area contributed by atoms with Gasteiger partial charge in [-0.1, -0.05) is 6.07 Å². The van der Waals surface area contributed by atoms with Crippen LogP contribution in [0.4, 0.5) is 0 Å². The number of ether oxygens (including phenoxy) is 1. The third-order valence-electron chi connectivity index (χ3n) is 5.75. The highest BCUT2D eigenvalue weighted by Gasteiger charge is 2.37. The first kappa shape index (κ1) is 19.9. The van der Waals surface area contributed by atoms with Gasteiger partial charge in [-0.3, -0.25) is 0 Å². The highest BCUT2D eigenvalue weighted by atomic mass is 16.5. The fourth-order valence-electron chi connectivity index (χ4n) is 3.92. The maximum atomic E-state index is 10.3. The average Bonchev–Trinajstić information content (AvgIpc) is 3.06. The molecule has 0 bridgehead atoms. The Hall–Kier alpha value is -2.38. The number of fused-ring (bicyclic) bond motifs is 1. The van der Waals surface area contributed by atoms with Gasteiger partial charge in [-0.15, -0.1) is 0 Å². The van der Waals surface area contributed by atoms with E-state index in [0.29, 0.717) is 12.0 Å². The van der Waals surface area contributed by atoms with Gasteiger partial charge in [0.1, 0.15) is 29.3 Å². The molecule has 0 saturated carbocycles. The fourth-order valence-corrected chi connectivity index (χ4v) is 3.92. The third-order valence-corrected chi connectivity index (χ3v) is 5.75. The molecule has 154 valence electrons. The van der Waals surface area contributed by atoms with Crippen molar-refractivity contribution < 1.29 is 29.6 Å². The lowest BCUT2D eigenvalue weighted by Gasteiger charge is -2.36. The fraction of sp³-hybridized carbons (Fsp3) is 0.391. The van der Waals surface area contributed by atoms with Gasteiger partial charge in [0.05, 0.1) is 18.8 Å². The summed E-state index contributed by atoms with van der Waals surface area (Å²) < 4.78 is 11.7. The summed E-state index contributed by atoms with van der Waals surface area (Å²) in [6, 6.07) is 11.4. The zero-order valence-electron chi connectivity index (χ0n) is 16.5. The third kappa shape index (κ3) is 3.89. The SMILES string of the molecule is Cc1cc2cc(Cc3ccc(O)c(C4CC(O)[C@H](O)[C@@H](CO)O4)c3)oc2cc1C. The summed E-state index contributed by atoms with van der Waals surface area (Å²) in [5.74, 6) is 0.866. The Morgan fingerprint density at radius 2 is 1.79 bits per heavy atom. The number of aryl methyl sites for hydroxylation is 2. The van der Waals surface area contributed by atoms with Crippen molar-refractivity contribution in [2.45, 2.75) is 51.1 Å². The van der Waals surface area contributed by atoms with Gasteiger partial charge in [0.25, 0.3) is 0 Å². The van der Waals surface area contributed by atoms with Gasteiger partial charge in [0, 0.05) is 23.8 Å². The number of furan rings is 1. The second-order valence-corrected chi connectivity index (χ2v) is 7.90. The van der Waals surface area contributed by atoms with E-state index in [1.165, 1.54) is 11.1 Å². The second kappa shape index (κ2) is 7.80. The van der Waals surface area contributed by atoms with Crippen LogP contribution in [-0.2, 0) is 11.2 Å². The Morgan fingerprint density at radius 3 is 2.55 bits per heavy atom. The molecule has 3 aromatic rings. The minimum atomic E-state index is -1.15. The quantitative estimate of drug-likeness (QED) is 0.539. The molecule has 0 radical (unpaired) electrons. The molecule has 29 heavy (non-hydrogen) atoms. The smallest absolute Gasteiger partial charge is 0.134 e. The van der Waals surface area contributed by atoms with Crippen LogP contribution in [0.25, 0.3) is 11.0 Å². The van der Waals surface area contributed by atoms with Crippen molar-refractivity contribution in [3.05, 3.63) is 64.4 Å². The zero-order valence-corrected chi connectivity index (χ0v) is 16.5. The molecule has 0 spiro atoms. The lowest BCUT2D eigenvalue weighted by molar-refractivity contribution is -0.181. The molecule has 1 saturated heterocycles. The summed E-state index contributed by atoms with van der Waals surface area (Å²) in [5, 5.41) is 40.8. The summed E-state index contributed by atoms with van der Waals surface area (Å²) >= 11 is 0. The zero-order chi connectivity index (χ0) is 20.7. The van der Waals surface area contributed by atoms with E-state index in [4.69, 9.17) is 9.15 Å². The molecule has 4 atom stereocenters. The molecule has 6 heteroatoms. The maximum absolute atomic E-state index is 10.3. The molecule has 0 aliphatic carbocycles. The molecule has 4 rings (SSSR count). The summed E-state index contributed by atoms with van der Waals surface area (Å²) in [7, 11) is 0. The number of hydrogen-bond acceptors (Lipinski definition) is 6. The number of hydrogen-bond donors (Lipinski definition) is 4. The first-order valence-electron chi connectivity index (χ1n) is 9.79. The van der Waals surface area contributed by atoms with Crippen LogP contribution in [0.1, 0.15) is 40.5 Å². The van der Waals surface area contributed by atoms with E-state index >= 15 is 0 Å². The molecule has 1 fully saturated rings. The number of phenolic OH excluding ortho intramolecular Hbond substituents is 1. The maximum Gasteiger partial charge on any atom is 0.134 e. The number of benzene rings is 2. The standard InChI is InChI=1S/C23H26O6/c1-12-5-15-9-16(28-20(15)6-13(12)2)7-14-3-4-18(25)17(8-14)21-10-19(26)23(27)22(11-24)29-21/h3-6,8-9,19,21-27H,7,10-11H2,1-2H3/t19?,21?,22-,23+/m1/s1. The van der Waals surface area contributed by atoms with Crippen LogP contribution in [0.15, 0.2) is 40.8 Å². The van der Waals surface area contributed by atoms with Crippen molar-refractivity contribution in [3.63, 3.8) is 0 Å². The van der Waals surface area contributed by atoms with Crippen LogP contribution in [0, 0.1) is 13.8 Å². The van der Waals surface area contributed by atoms with Crippen molar-refractivity contribution in [1.29, 1.82) is 0 Å². The average molecular weight is 398 g/mol. The van der Waals surface area contributed by atoms with Gasteiger partial charge in [0.15, 0.2) is 0 Å². The van der Waals surface area contributed by atoms with Crippen LogP contribution in [0.5, 0.6) is 5.75 Å². The van der Waals surface area contributed by atoms with Crippen molar-refractivity contribution in [1.82, 2.24) is 0 Å². The number of aliphatic hydroxyl groups is 3. The van der Waals surface area contributed by atoms with Gasteiger partial charge in [-0.2, -0.15) is 0 Å². The van der Waals surface area contributed by atoms with Crippen molar-refractivity contribution in [2.24, 2.45) is 0 Å². The molecule has 1 aliphatic rings. The molecule has 1 aromatic heterocycles. The van der Waals surface area contributed by atoms with Crippen molar-refractivity contribution in [3.8, 4) is 5.75 Å². The Balaban J connectivity index is 1.60. The predicted octanol–water partition coefficient (Wildman–Crippen LogP) is 2.89. The summed E-state index contributed by atoms with van der Waals surface area (Å²) in [5.41, 5.74) is 4.69. The molecule has 2 heterocycles. The second-order valence-electron chi connectivity index (χ2n) is 7.90. The van der Waals surface area contributed by atoms with Gasteiger partial charge in [-0.05, 0) is 60.9 Å². The van der Waals surface area contributed by atoms with E-state index in [1.54, 1.807) is 6.07 Å². The molecule has 6 nitrogen and oxygen atoms in total. The molecule has 0 amide bonds. The highest BCUT2D eigenvalue weighted by molar-refractivity contribution is 5.79. The van der Waals surface area contributed by atoms with E-state index < -0.39 is 31.0 Å². The minimum Gasteiger partial charge on any atom is -0.508 e. The van der Waals surface area contributed by atoms with E-state index in [2.05, 4.69) is 19.9 Å². The largest absolute Gasteiger partial charge is 0.508 e. The highest BCUT2D eigenvalue weighted by Crippen LogP contribution is 2.37. The Labute approximate surface area is 169 Å². The van der Waals surface area contributed by atoms with Crippen LogP contribution in [0.2, 0.25) is 0 Å². The number of aromatic hydroxyl groups is 1. The number of aliphatic hydroxyl groups excluding tert-OH is 3. The van der Waals surface area contributed by atoms with Gasteiger partial charge >= 0.3 is 0 Å². The molecule has 2 aromatic carbocycles. The van der Waals surface area contributed by atoms with Gasteiger partial charge in [-0.25, -0.2) is 0 Å². The number of phenols is 1. The lowest BCUT2D eigenvalue weighted by Crippen LogP contribution is -2.47. The van der Waals surface area contributed by atoms with E-state index in [1.807, 2.05) is 24.3 Å². The van der Waals surface area contributed by atoms with Gasteiger partial charge < -0.3 is 29.6 Å². The van der Waals surface area contributed by atoms with Gasteiger partial charge in [0.2, 0.25) is 0 Å². The van der Waals surface area contributed by atoms with Crippen LogP contribution < -0.4 is 0 Å². The lowest BCUT2D eigenvalue weighted by atomic mass is 9.92. The minimum absolute atomic E-state index is 0.0508. The van der Waals surface area contributed by atoms with E-state index in [9.17, 15) is 20.4 Å². The first-order valence-corrected chi connectivity index (χ1v) is 9.79. The Kier molecular flexibility index (Phi) is 5.36. The van der Waals surface area contributed by atoms with Crippen LogP contribution >= 0.6 is 0 Å². The van der Waals surface area contributed by atoms with Crippen LogP contribution in [0.3, 0.4) is 0 Å². The molecular weight excluding hydrogens is 372 g/mol. The molecule has 1 aliphatic heterocycles. The van der Waals surface area contributed by atoms with E-state index in [-0.39, 0.29) is 12.2 Å². The Morgan fingerprint density at radius 1 is 1.03 bits per heavy atom.